The first-order valence-electron chi connectivity index (χ1n) is 11.1. The predicted molar refractivity (Wildman–Crippen MR) is 124 cm³/mol. The number of hydrogen-bond acceptors (Lipinski definition) is 3. The van der Waals surface area contributed by atoms with E-state index in [1.165, 1.54) is 43.5 Å². The highest BCUT2D eigenvalue weighted by atomic mass is 16.1. The first kappa shape index (κ1) is 21.1. The molecule has 1 aromatic heterocycles. The van der Waals surface area contributed by atoms with E-state index in [0.717, 1.165) is 17.7 Å². The highest BCUT2D eigenvalue weighted by Crippen LogP contribution is 2.13. The molecule has 1 N–H and O–H groups in total. The number of piperidine rings is 1. The molecule has 0 radical (unpaired) electrons. The van der Waals surface area contributed by atoms with Crippen molar-refractivity contribution in [3.8, 4) is 0 Å². The second kappa shape index (κ2) is 10.7. The second-order valence-electron chi connectivity index (χ2n) is 8.16. The first-order valence-corrected chi connectivity index (χ1v) is 11.1. The Bertz CT molecular complexity index is 986. The van der Waals surface area contributed by atoms with Crippen molar-refractivity contribution in [3.05, 3.63) is 95.3 Å². The van der Waals surface area contributed by atoms with Crippen LogP contribution in [0.2, 0.25) is 0 Å². The molecule has 3 aromatic rings. The molecule has 1 fully saturated rings. The smallest absolute Gasteiger partial charge is 0.244 e. The monoisotopic (exact) mass is 414 g/mol. The van der Waals surface area contributed by atoms with Crippen LogP contribution in [0.3, 0.4) is 0 Å². The zero-order chi connectivity index (χ0) is 21.3. The summed E-state index contributed by atoms with van der Waals surface area (Å²) in [6, 6.07) is 18.8. The fourth-order valence-electron chi connectivity index (χ4n) is 3.88. The molecule has 0 unspecified atom stereocenters. The van der Waals surface area contributed by atoms with E-state index in [0.29, 0.717) is 13.1 Å². The molecule has 2 aromatic carbocycles. The third-order valence-corrected chi connectivity index (χ3v) is 5.61. The SMILES string of the molecule is O=C(/C=C/c1cnn(Cc2ccccc2)c1)NCc1ccc(CN2CCCCC2)cc1. The molecular weight excluding hydrogens is 384 g/mol. The van der Waals surface area contributed by atoms with Crippen molar-refractivity contribution in [2.75, 3.05) is 13.1 Å². The number of rotatable bonds is 8. The van der Waals surface area contributed by atoms with Gasteiger partial charge in [-0.05, 0) is 48.7 Å². The fourth-order valence-corrected chi connectivity index (χ4v) is 3.88. The van der Waals surface area contributed by atoms with Crippen molar-refractivity contribution in [2.24, 2.45) is 0 Å². The Morgan fingerprint density at radius 3 is 2.39 bits per heavy atom. The van der Waals surface area contributed by atoms with Gasteiger partial charge in [0.2, 0.25) is 5.91 Å². The number of aromatic nitrogens is 2. The molecule has 160 valence electrons. The van der Waals surface area contributed by atoms with Gasteiger partial charge in [-0.1, -0.05) is 61.0 Å². The molecule has 1 aliphatic heterocycles. The van der Waals surface area contributed by atoms with Gasteiger partial charge < -0.3 is 5.32 Å². The van der Waals surface area contributed by atoms with Gasteiger partial charge in [-0.15, -0.1) is 0 Å². The number of benzene rings is 2. The largest absolute Gasteiger partial charge is 0.348 e. The maximum Gasteiger partial charge on any atom is 0.244 e. The number of amides is 1. The summed E-state index contributed by atoms with van der Waals surface area (Å²) in [5, 5.41) is 7.32. The molecule has 1 saturated heterocycles. The maximum absolute atomic E-state index is 12.2. The van der Waals surface area contributed by atoms with Gasteiger partial charge in [-0.3, -0.25) is 14.4 Å². The average molecular weight is 415 g/mol. The minimum atomic E-state index is -0.104. The number of carbonyl (C=O) groups excluding carboxylic acids is 1. The van der Waals surface area contributed by atoms with E-state index >= 15 is 0 Å². The number of carbonyl (C=O) groups is 1. The predicted octanol–water partition coefficient (Wildman–Crippen LogP) is 4.25. The molecule has 0 atom stereocenters. The van der Waals surface area contributed by atoms with Gasteiger partial charge in [0.05, 0.1) is 12.7 Å². The minimum absolute atomic E-state index is 0.104. The molecule has 1 aliphatic rings. The topological polar surface area (TPSA) is 50.2 Å². The number of nitrogens with zero attached hydrogens (tertiary/aromatic N) is 3. The van der Waals surface area contributed by atoms with Crippen molar-refractivity contribution in [1.82, 2.24) is 20.0 Å². The van der Waals surface area contributed by atoms with Crippen LogP contribution in [-0.2, 0) is 24.4 Å². The van der Waals surface area contributed by atoms with E-state index in [2.05, 4.69) is 51.7 Å². The van der Waals surface area contributed by atoms with Gasteiger partial charge in [0, 0.05) is 30.9 Å². The van der Waals surface area contributed by atoms with Gasteiger partial charge in [0.1, 0.15) is 0 Å². The van der Waals surface area contributed by atoms with Crippen LogP contribution in [0.25, 0.3) is 6.08 Å². The van der Waals surface area contributed by atoms with E-state index in [4.69, 9.17) is 0 Å². The Labute approximate surface area is 184 Å². The van der Waals surface area contributed by atoms with Crippen molar-refractivity contribution in [1.29, 1.82) is 0 Å². The van der Waals surface area contributed by atoms with Crippen molar-refractivity contribution in [3.63, 3.8) is 0 Å². The van der Waals surface area contributed by atoms with Crippen molar-refractivity contribution < 1.29 is 4.79 Å². The van der Waals surface area contributed by atoms with Crippen LogP contribution < -0.4 is 5.32 Å². The summed E-state index contributed by atoms with van der Waals surface area (Å²) < 4.78 is 1.87. The molecule has 1 amide bonds. The minimum Gasteiger partial charge on any atom is -0.348 e. The molecule has 0 spiro atoms. The molecule has 2 heterocycles. The van der Waals surface area contributed by atoms with Crippen LogP contribution in [0, 0.1) is 0 Å². The van der Waals surface area contributed by atoms with Crippen LogP contribution in [0.4, 0.5) is 0 Å². The van der Waals surface area contributed by atoms with Crippen LogP contribution in [-0.4, -0.2) is 33.7 Å². The Morgan fingerprint density at radius 2 is 1.61 bits per heavy atom. The van der Waals surface area contributed by atoms with Gasteiger partial charge in [0.25, 0.3) is 0 Å². The highest BCUT2D eigenvalue weighted by Gasteiger charge is 2.10. The Kier molecular flexibility index (Phi) is 7.29. The lowest BCUT2D eigenvalue weighted by Gasteiger charge is -2.26. The number of likely N-dealkylation sites (tertiary alicyclic amines) is 1. The Balaban J connectivity index is 1.22. The first-order chi connectivity index (χ1) is 15.2. The zero-order valence-corrected chi connectivity index (χ0v) is 17.9. The molecule has 0 aliphatic carbocycles. The molecule has 0 bridgehead atoms. The van der Waals surface area contributed by atoms with Gasteiger partial charge in [-0.25, -0.2) is 0 Å². The van der Waals surface area contributed by atoms with Crippen LogP contribution >= 0.6 is 0 Å². The third kappa shape index (κ3) is 6.66. The summed E-state index contributed by atoms with van der Waals surface area (Å²) >= 11 is 0. The summed E-state index contributed by atoms with van der Waals surface area (Å²) in [5.41, 5.74) is 4.55. The quantitative estimate of drug-likeness (QED) is 0.561. The lowest BCUT2D eigenvalue weighted by Crippen LogP contribution is -2.29. The lowest BCUT2D eigenvalue weighted by molar-refractivity contribution is -0.116. The van der Waals surface area contributed by atoms with E-state index in [1.807, 2.05) is 29.1 Å². The highest BCUT2D eigenvalue weighted by molar-refractivity contribution is 5.91. The lowest BCUT2D eigenvalue weighted by atomic mass is 10.1. The van der Waals surface area contributed by atoms with E-state index in [-0.39, 0.29) is 5.91 Å². The molecule has 5 nitrogen and oxygen atoms in total. The van der Waals surface area contributed by atoms with E-state index in [1.54, 1.807) is 18.3 Å². The summed E-state index contributed by atoms with van der Waals surface area (Å²) in [5.74, 6) is -0.104. The third-order valence-electron chi connectivity index (χ3n) is 5.61. The molecule has 5 heteroatoms. The molecule has 31 heavy (non-hydrogen) atoms. The standard InChI is InChI=1S/C26H30N4O/c31-26(14-13-25-18-28-30(21-25)20-23-7-3-1-4-8-23)27-17-22-9-11-24(12-10-22)19-29-15-5-2-6-16-29/h1,3-4,7-14,18,21H,2,5-6,15-17,19-20H2,(H,27,31)/b14-13+. The number of nitrogens with one attached hydrogen (secondary N) is 1. The van der Waals surface area contributed by atoms with Gasteiger partial charge in [-0.2, -0.15) is 5.10 Å². The molecular formula is C26H30N4O. The Hall–Kier alpha value is -3.18. The summed E-state index contributed by atoms with van der Waals surface area (Å²) in [6.45, 7) is 4.67. The summed E-state index contributed by atoms with van der Waals surface area (Å²) in [4.78, 5) is 14.7. The number of hydrogen-bond donors (Lipinski definition) is 1. The summed E-state index contributed by atoms with van der Waals surface area (Å²) in [6.07, 6.45) is 11.1. The summed E-state index contributed by atoms with van der Waals surface area (Å²) in [7, 11) is 0. The maximum atomic E-state index is 12.2. The second-order valence-corrected chi connectivity index (χ2v) is 8.16. The van der Waals surface area contributed by atoms with Gasteiger partial charge in [0.15, 0.2) is 0 Å². The van der Waals surface area contributed by atoms with Crippen LogP contribution in [0.1, 0.15) is 41.5 Å². The van der Waals surface area contributed by atoms with Crippen molar-refractivity contribution in [2.45, 2.75) is 38.9 Å². The van der Waals surface area contributed by atoms with E-state index < -0.39 is 0 Å². The molecule has 0 saturated carbocycles. The normalized spacial score (nSPS) is 14.7. The van der Waals surface area contributed by atoms with Gasteiger partial charge >= 0.3 is 0 Å². The fraction of sp³-hybridized carbons (Fsp3) is 0.308. The Morgan fingerprint density at radius 1 is 0.903 bits per heavy atom. The van der Waals surface area contributed by atoms with Crippen molar-refractivity contribution >= 4 is 12.0 Å². The zero-order valence-electron chi connectivity index (χ0n) is 17.9. The van der Waals surface area contributed by atoms with Crippen LogP contribution in [0.15, 0.2) is 73.1 Å². The molecule has 4 rings (SSSR count). The van der Waals surface area contributed by atoms with Crippen LogP contribution in [0.5, 0.6) is 0 Å². The van der Waals surface area contributed by atoms with E-state index in [9.17, 15) is 4.79 Å². The average Bonchev–Trinajstić information content (AvgIpc) is 3.26.